The number of ketones is 2. The van der Waals surface area contributed by atoms with Gasteiger partial charge in [0.05, 0.1) is 24.4 Å². The summed E-state index contributed by atoms with van der Waals surface area (Å²) in [6, 6.07) is 32.1. The van der Waals surface area contributed by atoms with Crippen LogP contribution in [0.3, 0.4) is 0 Å². The molecule has 0 fully saturated rings. The summed E-state index contributed by atoms with van der Waals surface area (Å²) in [5.74, 6) is 0.334. The molecule has 178 valence electrons. The first-order chi connectivity index (χ1) is 17.5. The molecule has 5 aromatic rings. The van der Waals surface area contributed by atoms with E-state index in [2.05, 4.69) is 9.97 Å². The predicted molar refractivity (Wildman–Crippen MR) is 140 cm³/mol. The first-order valence-corrected chi connectivity index (χ1v) is 11.8. The standard InChI is InChI=1S/C31H26N2O3/c1-20-8-10-22(11-9-20)30(34)27-18-16-25(32-27)29(21-6-4-3-5-7-21)26-17-19-28(33-26)31(35)23-12-14-24(36-2)15-13-23/h3-19,29,32-33H,1-2H3. The lowest BCUT2D eigenvalue weighted by Gasteiger charge is -2.15. The van der Waals surface area contributed by atoms with Crippen LogP contribution in [0.1, 0.15) is 60.5 Å². The second-order valence-corrected chi connectivity index (χ2v) is 8.75. The van der Waals surface area contributed by atoms with Crippen molar-refractivity contribution < 1.29 is 14.3 Å². The van der Waals surface area contributed by atoms with E-state index in [9.17, 15) is 9.59 Å². The summed E-state index contributed by atoms with van der Waals surface area (Å²) >= 11 is 0. The normalized spacial score (nSPS) is 11.7. The van der Waals surface area contributed by atoms with E-state index < -0.39 is 0 Å². The fraction of sp³-hybridized carbons (Fsp3) is 0.0968. The summed E-state index contributed by atoms with van der Waals surface area (Å²) in [4.78, 5) is 32.8. The van der Waals surface area contributed by atoms with Crippen LogP contribution in [0, 0.1) is 6.92 Å². The van der Waals surface area contributed by atoms with Crippen molar-refractivity contribution in [2.24, 2.45) is 0 Å². The van der Waals surface area contributed by atoms with Crippen molar-refractivity contribution in [1.82, 2.24) is 9.97 Å². The van der Waals surface area contributed by atoms with Crippen molar-refractivity contribution in [1.29, 1.82) is 0 Å². The van der Waals surface area contributed by atoms with Gasteiger partial charge in [-0.15, -0.1) is 0 Å². The number of methoxy groups -OCH3 is 1. The number of ether oxygens (including phenoxy) is 1. The van der Waals surface area contributed by atoms with E-state index in [-0.39, 0.29) is 17.5 Å². The van der Waals surface area contributed by atoms with Crippen molar-refractivity contribution in [3.05, 3.63) is 148 Å². The number of benzene rings is 3. The maximum atomic E-state index is 13.1. The maximum absolute atomic E-state index is 13.1. The van der Waals surface area contributed by atoms with Crippen LogP contribution >= 0.6 is 0 Å². The lowest BCUT2D eigenvalue weighted by Crippen LogP contribution is -2.08. The summed E-state index contributed by atoms with van der Waals surface area (Å²) in [7, 11) is 1.60. The zero-order valence-corrected chi connectivity index (χ0v) is 20.1. The molecule has 2 heterocycles. The second kappa shape index (κ2) is 9.92. The molecule has 5 heteroatoms. The van der Waals surface area contributed by atoms with Gasteiger partial charge < -0.3 is 14.7 Å². The Hall–Kier alpha value is -4.64. The summed E-state index contributed by atoms with van der Waals surface area (Å²) in [6.45, 7) is 2.00. The van der Waals surface area contributed by atoms with E-state index in [0.717, 1.165) is 22.5 Å². The van der Waals surface area contributed by atoms with Crippen LogP contribution in [0.25, 0.3) is 0 Å². The number of aryl methyl sites for hydroxylation is 1. The maximum Gasteiger partial charge on any atom is 0.209 e. The smallest absolute Gasteiger partial charge is 0.209 e. The number of rotatable bonds is 8. The highest BCUT2D eigenvalue weighted by molar-refractivity contribution is 6.08. The molecule has 2 aromatic heterocycles. The van der Waals surface area contributed by atoms with Crippen LogP contribution < -0.4 is 4.74 Å². The van der Waals surface area contributed by atoms with Crippen molar-refractivity contribution >= 4 is 11.6 Å². The van der Waals surface area contributed by atoms with E-state index in [4.69, 9.17) is 4.74 Å². The molecule has 0 aliphatic heterocycles. The lowest BCUT2D eigenvalue weighted by molar-refractivity contribution is 0.102. The van der Waals surface area contributed by atoms with Crippen molar-refractivity contribution in [3.63, 3.8) is 0 Å². The van der Waals surface area contributed by atoms with Gasteiger partial charge in [0.25, 0.3) is 0 Å². The summed E-state index contributed by atoms with van der Waals surface area (Å²) < 4.78 is 5.19. The topological polar surface area (TPSA) is 75.0 Å². The molecular weight excluding hydrogens is 448 g/mol. The molecule has 3 aromatic carbocycles. The van der Waals surface area contributed by atoms with Gasteiger partial charge in [-0.05, 0) is 61.0 Å². The largest absolute Gasteiger partial charge is 0.497 e. The number of carbonyl (C=O) groups excluding carboxylic acids is 2. The van der Waals surface area contributed by atoms with E-state index >= 15 is 0 Å². The Morgan fingerprint density at radius 2 is 1.14 bits per heavy atom. The fourth-order valence-electron chi connectivity index (χ4n) is 4.36. The number of hydrogen-bond acceptors (Lipinski definition) is 3. The molecule has 2 N–H and O–H groups in total. The SMILES string of the molecule is COc1ccc(C(=O)c2ccc(C(c3ccccc3)c3ccc(C(=O)c4ccc(C)cc4)[nH]3)[nH]2)cc1. The number of aromatic nitrogens is 2. The van der Waals surface area contributed by atoms with Crippen molar-refractivity contribution in [3.8, 4) is 5.75 Å². The highest BCUT2D eigenvalue weighted by Crippen LogP contribution is 2.31. The van der Waals surface area contributed by atoms with Crippen molar-refractivity contribution in [2.75, 3.05) is 7.11 Å². The summed E-state index contributed by atoms with van der Waals surface area (Å²) in [6.07, 6.45) is 0. The number of nitrogens with one attached hydrogen (secondary N) is 2. The molecule has 1 atom stereocenters. The minimum absolute atomic E-state index is 0.0603. The van der Waals surface area contributed by atoms with Gasteiger partial charge in [-0.3, -0.25) is 9.59 Å². The van der Waals surface area contributed by atoms with E-state index in [1.54, 1.807) is 37.4 Å². The van der Waals surface area contributed by atoms with Gasteiger partial charge in [-0.25, -0.2) is 0 Å². The molecule has 0 saturated carbocycles. The summed E-state index contributed by atoms with van der Waals surface area (Å²) in [5, 5.41) is 0. The average molecular weight is 475 g/mol. The molecule has 5 rings (SSSR count). The molecule has 0 radical (unpaired) electrons. The van der Waals surface area contributed by atoms with Gasteiger partial charge in [0, 0.05) is 22.5 Å². The Kier molecular flexibility index (Phi) is 6.37. The van der Waals surface area contributed by atoms with Gasteiger partial charge in [0.15, 0.2) is 0 Å². The van der Waals surface area contributed by atoms with Gasteiger partial charge in [-0.1, -0.05) is 60.2 Å². The third-order valence-corrected chi connectivity index (χ3v) is 6.33. The van der Waals surface area contributed by atoms with Gasteiger partial charge in [0.2, 0.25) is 11.6 Å². The molecule has 0 saturated heterocycles. The van der Waals surface area contributed by atoms with E-state index in [1.165, 1.54) is 0 Å². The Balaban J connectivity index is 1.48. The van der Waals surface area contributed by atoms with E-state index in [0.29, 0.717) is 28.3 Å². The average Bonchev–Trinajstić information content (AvgIpc) is 3.60. The molecule has 0 amide bonds. The van der Waals surface area contributed by atoms with Crippen LogP contribution in [0.5, 0.6) is 5.75 Å². The van der Waals surface area contributed by atoms with Crippen LogP contribution in [0.15, 0.2) is 103 Å². The fourth-order valence-corrected chi connectivity index (χ4v) is 4.36. The van der Waals surface area contributed by atoms with E-state index in [1.807, 2.05) is 79.7 Å². The molecule has 1 unspecified atom stereocenters. The Morgan fingerprint density at radius 3 is 1.64 bits per heavy atom. The molecule has 5 nitrogen and oxygen atoms in total. The van der Waals surface area contributed by atoms with Crippen LogP contribution in [0.4, 0.5) is 0 Å². The molecule has 0 spiro atoms. The van der Waals surface area contributed by atoms with Crippen molar-refractivity contribution in [2.45, 2.75) is 12.8 Å². The quantitative estimate of drug-likeness (QED) is 0.259. The first-order valence-electron chi connectivity index (χ1n) is 11.8. The zero-order chi connectivity index (χ0) is 25.1. The Bertz CT molecular complexity index is 1490. The number of aromatic amines is 2. The third-order valence-electron chi connectivity index (χ3n) is 6.33. The van der Waals surface area contributed by atoms with Gasteiger partial charge in [-0.2, -0.15) is 0 Å². The number of carbonyl (C=O) groups is 2. The monoisotopic (exact) mass is 474 g/mol. The van der Waals surface area contributed by atoms with Gasteiger partial charge in [0.1, 0.15) is 5.75 Å². The minimum Gasteiger partial charge on any atom is -0.497 e. The molecule has 0 aliphatic carbocycles. The minimum atomic E-state index is -0.205. The first kappa shape index (κ1) is 23.1. The third kappa shape index (κ3) is 4.64. The molecule has 0 aliphatic rings. The van der Waals surface area contributed by atoms with Gasteiger partial charge >= 0.3 is 0 Å². The highest BCUT2D eigenvalue weighted by Gasteiger charge is 2.23. The Labute approximate surface area is 209 Å². The summed E-state index contributed by atoms with van der Waals surface area (Å²) in [5.41, 5.74) is 6.10. The molecular formula is C31H26N2O3. The molecule has 36 heavy (non-hydrogen) atoms. The molecule has 0 bridgehead atoms. The zero-order valence-electron chi connectivity index (χ0n) is 20.1. The predicted octanol–water partition coefficient (Wildman–Crippen LogP) is 6.30. The second-order valence-electron chi connectivity index (χ2n) is 8.75. The van der Waals surface area contributed by atoms with Crippen LogP contribution in [-0.4, -0.2) is 28.6 Å². The Morgan fingerprint density at radius 1 is 0.639 bits per heavy atom. The highest BCUT2D eigenvalue weighted by atomic mass is 16.5. The number of hydrogen-bond donors (Lipinski definition) is 2. The number of H-pyrrole nitrogens is 2. The van der Waals surface area contributed by atoms with Crippen LogP contribution in [0.2, 0.25) is 0 Å². The van der Waals surface area contributed by atoms with Crippen LogP contribution in [-0.2, 0) is 0 Å². The lowest BCUT2D eigenvalue weighted by atomic mass is 9.93.